The summed E-state index contributed by atoms with van der Waals surface area (Å²) in [5, 5.41) is 14.2. The Hall–Kier alpha value is -2.69. The minimum absolute atomic E-state index is 0.0273. The van der Waals surface area contributed by atoms with E-state index in [0.717, 1.165) is 35.9 Å². The van der Waals surface area contributed by atoms with Gasteiger partial charge >= 0.3 is 0 Å². The van der Waals surface area contributed by atoms with E-state index in [4.69, 9.17) is 0 Å². The summed E-state index contributed by atoms with van der Waals surface area (Å²) in [6.07, 6.45) is 2.08. The molecule has 2 aromatic carbocycles. The predicted octanol–water partition coefficient (Wildman–Crippen LogP) is 4.66. The molecule has 1 aromatic heterocycles. The van der Waals surface area contributed by atoms with Gasteiger partial charge in [-0.3, -0.25) is 0 Å². The van der Waals surface area contributed by atoms with Crippen LogP contribution in [0.4, 0.5) is 10.2 Å². The molecule has 2 N–H and O–H groups in total. The highest BCUT2D eigenvalue weighted by Gasteiger charge is 2.16. The zero-order valence-electron chi connectivity index (χ0n) is 13.8. The van der Waals surface area contributed by atoms with Gasteiger partial charge in [-0.2, -0.15) is 0 Å². The number of phenols is 1. The maximum absolute atomic E-state index is 14.2. The second kappa shape index (κ2) is 6.83. The molecule has 0 aliphatic heterocycles. The van der Waals surface area contributed by atoms with Crippen LogP contribution in [0.2, 0.25) is 0 Å². The summed E-state index contributed by atoms with van der Waals surface area (Å²) in [7, 11) is 0. The van der Waals surface area contributed by atoms with Crippen molar-refractivity contribution >= 4 is 16.7 Å². The highest BCUT2D eigenvalue weighted by atomic mass is 19.1. The molecule has 0 fully saturated rings. The molecule has 0 amide bonds. The number of halogens is 1. The van der Waals surface area contributed by atoms with Gasteiger partial charge in [0.25, 0.3) is 0 Å². The summed E-state index contributed by atoms with van der Waals surface area (Å²) in [6, 6.07) is 10.1. The number of aryl methyl sites for hydroxylation is 1. The van der Waals surface area contributed by atoms with E-state index >= 15 is 0 Å². The van der Waals surface area contributed by atoms with Crippen molar-refractivity contribution in [2.75, 3.05) is 11.9 Å². The minimum atomic E-state index is -0.540. The molecule has 0 spiro atoms. The van der Waals surface area contributed by atoms with Crippen molar-refractivity contribution in [1.29, 1.82) is 0 Å². The van der Waals surface area contributed by atoms with Crippen molar-refractivity contribution in [3.05, 3.63) is 47.8 Å². The summed E-state index contributed by atoms with van der Waals surface area (Å²) >= 11 is 0. The van der Waals surface area contributed by atoms with E-state index < -0.39 is 5.82 Å². The van der Waals surface area contributed by atoms with Gasteiger partial charge in [-0.25, -0.2) is 14.4 Å². The lowest BCUT2D eigenvalue weighted by Gasteiger charge is -2.12. The van der Waals surface area contributed by atoms with Crippen molar-refractivity contribution in [2.24, 2.45) is 0 Å². The first-order valence-corrected chi connectivity index (χ1v) is 8.10. The molecule has 0 aliphatic rings. The smallest absolute Gasteiger partial charge is 0.168 e. The highest BCUT2D eigenvalue weighted by Crippen LogP contribution is 2.32. The van der Waals surface area contributed by atoms with Crippen LogP contribution in [0.5, 0.6) is 5.75 Å². The Labute approximate surface area is 140 Å². The normalized spacial score (nSPS) is 11.0. The van der Waals surface area contributed by atoms with Crippen molar-refractivity contribution < 1.29 is 9.50 Å². The number of benzene rings is 2. The van der Waals surface area contributed by atoms with E-state index in [1.54, 1.807) is 0 Å². The number of rotatable bonds is 5. The van der Waals surface area contributed by atoms with Crippen molar-refractivity contribution in [2.45, 2.75) is 26.7 Å². The quantitative estimate of drug-likeness (QED) is 0.670. The van der Waals surface area contributed by atoms with Crippen LogP contribution in [0.1, 0.15) is 25.3 Å². The molecule has 3 aromatic rings. The Bertz CT molecular complexity index is 860. The van der Waals surface area contributed by atoms with Crippen molar-refractivity contribution in [3.8, 4) is 17.1 Å². The lowest BCUT2D eigenvalue weighted by atomic mass is 10.1. The van der Waals surface area contributed by atoms with Crippen LogP contribution in [-0.2, 0) is 0 Å². The third kappa shape index (κ3) is 3.15. The number of fused-ring (bicyclic) bond motifs is 1. The average Bonchev–Trinajstić information content (AvgIpc) is 2.54. The zero-order chi connectivity index (χ0) is 17.1. The van der Waals surface area contributed by atoms with Crippen LogP contribution < -0.4 is 5.32 Å². The number of hydrogen-bond donors (Lipinski definition) is 2. The number of aromatic nitrogens is 2. The summed E-state index contributed by atoms with van der Waals surface area (Å²) in [5.41, 5.74) is 1.81. The van der Waals surface area contributed by atoms with Gasteiger partial charge in [0.15, 0.2) is 5.82 Å². The second-order valence-electron chi connectivity index (χ2n) is 5.83. The number of unbranched alkanes of at least 4 members (excludes halogenated alkanes) is 1. The van der Waals surface area contributed by atoms with Gasteiger partial charge in [0.2, 0.25) is 0 Å². The Morgan fingerprint density at radius 1 is 1.17 bits per heavy atom. The van der Waals surface area contributed by atoms with Gasteiger partial charge < -0.3 is 10.4 Å². The standard InChI is InChI=1S/C19H20FN3O/c1-3-4-10-21-18-13-9-8-12(2)11-15(13)22-19(23-18)17-14(20)6-5-7-16(17)24/h5-9,11,24H,3-4,10H2,1-2H3,(H,21,22,23). The Morgan fingerprint density at radius 3 is 2.75 bits per heavy atom. The fourth-order valence-electron chi connectivity index (χ4n) is 2.60. The first kappa shape index (κ1) is 16.2. The van der Waals surface area contributed by atoms with Crippen LogP contribution in [0.15, 0.2) is 36.4 Å². The fraction of sp³-hybridized carbons (Fsp3) is 0.263. The average molecular weight is 325 g/mol. The summed E-state index contributed by atoms with van der Waals surface area (Å²) in [5.74, 6) is 0.136. The third-order valence-electron chi connectivity index (χ3n) is 3.89. The monoisotopic (exact) mass is 325 g/mol. The van der Waals surface area contributed by atoms with Crippen LogP contribution >= 0.6 is 0 Å². The molecule has 0 bridgehead atoms. The second-order valence-corrected chi connectivity index (χ2v) is 5.83. The molecule has 0 unspecified atom stereocenters. The Kier molecular flexibility index (Phi) is 4.60. The molecule has 124 valence electrons. The van der Waals surface area contributed by atoms with Gasteiger partial charge in [0, 0.05) is 11.9 Å². The van der Waals surface area contributed by atoms with E-state index in [-0.39, 0.29) is 17.1 Å². The lowest BCUT2D eigenvalue weighted by molar-refractivity contribution is 0.471. The topological polar surface area (TPSA) is 58.0 Å². The lowest BCUT2D eigenvalue weighted by Crippen LogP contribution is -2.06. The molecule has 5 heteroatoms. The number of aromatic hydroxyl groups is 1. The molecule has 4 nitrogen and oxygen atoms in total. The minimum Gasteiger partial charge on any atom is -0.507 e. The predicted molar refractivity (Wildman–Crippen MR) is 94.7 cm³/mol. The molecule has 0 radical (unpaired) electrons. The Balaban J connectivity index is 2.18. The first-order valence-electron chi connectivity index (χ1n) is 8.10. The molecule has 0 aliphatic carbocycles. The van der Waals surface area contributed by atoms with E-state index in [1.165, 1.54) is 18.2 Å². The maximum Gasteiger partial charge on any atom is 0.168 e. The zero-order valence-corrected chi connectivity index (χ0v) is 13.8. The van der Waals surface area contributed by atoms with Gasteiger partial charge in [-0.1, -0.05) is 25.5 Å². The largest absolute Gasteiger partial charge is 0.507 e. The van der Waals surface area contributed by atoms with Crippen molar-refractivity contribution in [1.82, 2.24) is 9.97 Å². The van der Waals surface area contributed by atoms with Crippen LogP contribution in [0, 0.1) is 12.7 Å². The number of nitrogens with zero attached hydrogens (tertiary/aromatic N) is 2. The molecule has 1 heterocycles. The van der Waals surface area contributed by atoms with E-state index in [2.05, 4.69) is 22.2 Å². The fourth-order valence-corrected chi connectivity index (χ4v) is 2.60. The van der Waals surface area contributed by atoms with Gasteiger partial charge in [-0.05, 0) is 43.2 Å². The van der Waals surface area contributed by atoms with Crippen LogP contribution in [-0.4, -0.2) is 21.6 Å². The van der Waals surface area contributed by atoms with Crippen LogP contribution in [0.3, 0.4) is 0 Å². The number of anilines is 1. The molecule has 24 heavy (non-hydrogen) atoms. The molecule has 0 saturated heterocycles. The van der Waals surface area contributed by atoms with Crippen molar-refractivity contribution in [3.63, 3.8) is 0 Å². The molecule has 0 saturated carbocycles. The first-order chi connectivity index (χ1) is 11.6. The SMILES string of the molecule is CCCCNc1nc(-c2c(O)cccc2F)nc2cc(C)ccc12. The van der Waals surface area contributed by atoms with Gasteiger partial charge in [0.05, 0.1) is 11.1 Å². The summed E-state index contributed by atoms with van der Waals surface area (Å²) < 4.78 is 14.2. The van der Waals surface area contributed by atoms with Gasteiger partial charge in [0.1, 0.15) is 17.4 Å². The molecular formula is C19H20FN3O. The number of hydrogen-bond acceptors (Lipinski definition) is 4. The molecule has 3 rings (SSSR count). The third-order valence-corrected chi connectivity index (χ3v) is 3.89. The summed E-state index contributed by atoms with van der Waals surface area (Å²) in [6.45, 7) is 4.87. The van der Waals surface area contributed by atoms with E-state index in [9.17, 15) is 9.50 Å². The highest BCUT2D eigenvalue weighted by molar-refractivity contribution is 5.91. The van der Waals surface area contributed by atoms with E-state index in [0.29, 0.717) is 5.82 Å². The molecular weight excluding hydrogens is 305 g/mol. The van der Waals surface area contributed by atoms with Crippen LogP contribution in [0.25, 0.3) is 22.3 Å². The Morgan fingerprint density at radius 2 is 2.00 bits per heavy atom. The number of nitrogens with one attached hydrogen (secondary N) is 1. The van der Waals surface area contributed by atoms with Gasteiger partial charge in [-0.15, -0.1) is 0 Å². The molecule has 0 atom stereocenters. The summed E-state index contributed by atoms with van der Waals surface area (Å²) in [4.78, 5) is 8.94. The maximum atomic E-state index is 14.2. The van der Waals surface area contributed by atoms with E-state index in [1.807, 2.05) is 25.1 Å². The number of phenolic OH excluding ortho intramolecular Hbond substituents is 1.